The highest BCUT2D eigenvalue weighted by Gasteiger charge is 2.47. The zero-order valence-electron chi connectivity index (χ0n) is 22.8. The molecule has 9 nitrogen and oxygen atoms in total. The molecular formula is C27H27F6N5O4S. The number of thiazole rings is 1. The van der Waals surface area contributed by atoms with Gasteiger partial charge in [-0.05, 0) is 18.6 Å². The van der Waals surface area contributed by atoms with Crippen LogP contribution < -0.4 is 20.3 Å². The number of hydrogen-bond donors (Lipinski definition) is 2. The van der Waals surface area contributed by atoms with E-state index >= 15 is 8.78 Å². The molecule has 0 radical (unpaired) electrons. The number of pyridine rings is 1. The number of aromatic nitrogens is 2. The van der Waals surface area contributed by atoms with Gasteiger partial charge in [-0.25, -0.2) is 22.5 Å². The lowest BCUT2D eigenvalue weighted by Gasteiger charge is -2.40. The standard InChI is InChI=1S/C27H27F6N5O4S/c1-14(22(39)36-24-35-18-9-19-20(10-21(18)43-24)42-27(32,33)41-19)38-7-4-26(30,31)17(13-38)15-8-16(23(40)34-11-15)12-37-5-2-25(28,29)3-6-37/h8-11,14,17H,2-7,12-13H2,1H3,(H,34,40)(H,35,36,39)/t14-,17-/m0/s1. The van der Waals surface area contributed by atoms with Crippen molar-refractivity contribution in [3.63, 3.8) is 0 Å². The summed E-state index contributed by atoms with van der Waals surface area (Å²) in [4.78, 5) is 35.7. The second-order valence-electron chi connectivity index (χ2n) is 11.1. The zero-order valence-corrected chi connectivity index (χ0v) is 23.6. The summed E-state index contributed by atoms with van der Waals surface area (Å²) in [6, 6.07) is 3.18. The minimum absolute atomic E-state index is 0.0614. The normalized spacial score (nSPS) is 23.7. The molecule has 5 heterocycles. The van der Waals surface area contributed by atoms with Crippen molar-refractivity contribution in [1.82, 2.24) is 19.8 Å². The van der Waals surface area contributed by atoms with Gasteiger partial charge < -0.3 is 19.8 Å². The van der Waals surface area contributed by atoms with E-state index in [2.05, 4.69) is 24.8 Å². The summed E-state index contributed by atoms with van der Waals surface area (Å²) in [6.07, 6.45) is -3.72. The summed E-state index contributed by atoms with van der Waals surface area (Å²) in [6.45, 7) is 1.57. The van der Waals surface area contributed by atoms with Crippen molar-refractivity contribution in [1.29, 1.82) is 0 Å². The molecule has 0 saturated carbocycles. The molecule has 3 aliphatic rings. The monoisotopic (exact) mass is 631 g/mol. The van der Waals surface area contributed by atoms with Crippen molar-refractivity contribution in [2.24, 2.45) is 0 Å². The highest BCUT2D eigenvalue weighted by molar-refractivity contribution is 7.22. The van der Waals surface area contributed by atoms with Crippen molar-refractivity contribution in [3.05, 3.63) is 45.9 Å². The van der Waals surface area contributed by atoms with Crippen LogP contribution in [0.3, 0.4) is 0 Å². The van der Waals surface area contributed by atoms with Crippen LogP contribution in [0.5, 0.6) is 11.5 Å². The number of hydrogen-bond acceptors (Lipinski definition) is 8. The molecule has 2 aromatic heterocycles. The molecule has 2 atom stereocenters. The van der Waals surface area contributed by atoms with Crippen LogP contribution in [0.15, 0.2) is 29.2 Å². The number of amides is 1. The van der Waals surface area contributed by atoms with E-state index in [1.54, 1.807) is 16.7 Å². The third-order valence-corrected chi connectivity index (χ3v) is 9.05. The minimum Gasteiger partial charge on any atom is -0.395 e. The number of ether oxygens (including phenoxy) is 2. The first-order valence-corrected chi connectivity index (χ1v) is 14.4. The average Bonchev–Trinajstić information content (AvgIpc) is 3.45. The highest BCUT2D eigenvalue weighted by atomic mass is 32.1. The Bertz CT molecular complexity index is 1560. The number of halogens is 6. The van der Waals surface area contributed by atoms with Gasteiger partial charge >= 0.3 is 6.29 Å². The van der Waals surface area contributed by atoms with E-state index in [0.717, 1.165) is 11.3 Å². The summed E-state index contributed by atoms with van der Waals surface area (Å²) in [5.41, 5.74) is 0.229. The molecule has 3 aromatic rings. The summed E-state index contributed by atoms with van der Waals surface area (Å²) in [7, 11) is 0. The molecule has 3 aliphatic heterocycles. The number of carbonyl (C=O) groups is 1. The van der Waals surface area contributed by atoms with E-state index < -0.39 is 48.0 Å². The second-order valence-corrected chi connectivity index (χ2v) is 12.1. The molecule has 16 heteroatoms. The third-order valence-electron chi connectivity index (χ3n) is 8.11. The van der Waals surface area contributed by atoms with Crippen LogP contribution in [-0.2, 0) is 11.3 Å². The Labute approximate surface area is 244 Å². The van der Waals surface area contributed by atoms with Gasteiger partial charge in [0.05, 0.1) is 22.2 Å². The fourth-order valence-electron chi connectivity index (χ4n) is 5.58. The van der Waals surface area contributed by atoms with E-state index in [1.807, 2.05) is 0 Å². The molecule has 1 amide bonds. The molecule has 232 valence electrons. The van der Waals surface area contributed by atoms with Gasteiger partial charge in [0.1, 0.15) is 0 Å². The zero-order chi connectivity index (χ0) is 30.7. The van der Waals surface area contributed by atoms with Gasteiger partial charge in [0.25, 0.3) is 17.4 Å². The van der Waals surface area contributed by atoms with Crippen LogP contribution >= 0.6 is 11.3 Å². The Morgan fingerprint density at radius 3 is 2.51 bits per heavy atom. The number of carbonyl (C=O) groups excluding carboxylic acids is 1. The molecule has 2 N–H and O–H groups in total. The van der Waals surface area contributed by atoms with Gasteiger partial charge in [-0.1, -0.05) is 11.3 Å². The Morgan fingerprint density at radius 1 is 1.09 bits per heavy atom. The maximum atomic E-state index is 15.2. The van der Waals surface area contributed by atoms with Gasteiger partial charge in [0, 0.05) is 75.9 Å². The van der Waals surface area contributed by atoms with Crippen LogP contribution in [0.1, 0.15) is 43.2 Å². The number of fused-ring (bicyclic) bond motifs is 2. The Kier molecular flexibility index (Phi) is 7.36. The molecule has 2 saturated heterocycles. The highest BCUT2D eigenvalue weighted by Crippen LogP contribution is 2.45. The maximum Gasteiger partial charge on any atom is 0.586 e. The number of likely N-dealkylation sites (tertiary alicyclic amines) is 2. The average molecular weight is 632 g/mol. The van der Waals surface area contributed by atoms with Crippen molar-refractivity contribution in [2.45, 2.75) is 62.8 Å². The van der Waals surface area contributed by atoms with Gasteiger partial charge in [-0.3, -0.25) is 19.4 Å². The number of rotatable bonds is 6. The third kappa shape index (κ3) is 6.17. The van der Waals surface area contributed by atoms with E-state index in [0.29, 0.717) is 10.2 Å². The second kappa shape index (κ2) is 10.7. The number of H-pyrrole nitrogens is 1. The van der Waals surface area contributed by atoms with Crippen LogP contribution in [0.2, 0.25) is 0 Å². The molecular weight excluding hydrogens is 604 g/mol. The topological polar surface area (TPSA) is 99.8 Å². The molecule has 0 bridgehead atoms. The maximum absolute atomic E-state index is 15.2. The fourth-order valence-corrected chi connectivity index (χ4v) is 6.46. The smallest absolute Gasteiger partial charge is 0.395 e. The van der Waals surface area contributed by atoms with Crippen LogP contribution in [0.4, 0.5) is 31.5 Å². The lowest BCUT2D eigenvalue weighted by atomic mass is 9.86. The molecule has 0 aliphatic carbocycles. The predicted molar refractivity (Wildman–Crippen MR) is 144 cm³/mol. The summed E-state index contributed by atoms with van der Waals surface area (Å²) >= 11 is 1.03. The molecule has 0 spiro atoms. The fraction of sp³-hybridized carbons (Fsp3) is 0.519. The van der Waals surface area contributed by atoms with Gasteiger partial charge in [-0.2, -0.15) is 0 Å². The molecule has 43 heavy (non-hydrogen) atoms. The summed E-state index contributed by atoms with van der Waals surface area (Å²) in [5, 5.41) is 2.85. The molecule has 1 aromatic carbocycles. The SMILES string of the molecule is C[C@@H](C(=O)Nc1nc2cc3c(cc2s1)OC(F)(F)O3)N1CCC(F)(F)[C@H](c2c[nH]c(=O)c(CN3CCC(F)(F)CC3)c2)C1. The number of benzene rings is 1. The molecule has 2 fully saturated rings. The van der Waals surface area contributed by atoms with E-state index in [4.69, 9.17) is 0 Å². The Hall–Kier alpha value is -3.37. The van der Waals surface area contributed by atoms with E-state index in [9.17, 15) is 27.2 Å². The largest absolute Gasteiger partial charge is 0.586 e. The van der Waals surface area contributed by atoms with Gasteiger partial charge in [0.15, 0.2) is 16.6 Å². The first kappa shape index (κ1) is 29.7. The number of nitrogens with one attached hydrogen (secondary N) is 2. The van der Waals surface area contributed by atoms with Gasteiger partial charge in [-0.15, -0.1) is 8.78 Å². The van der Waals surface area contributed by atoms with Gasteiger partial charge in [0.2, 0.25) is 5.91 Å². The van der Waals surface area contributed by atoms with Crippen molar-refractivity contribution < 1.29 is 40.6 Å². The summed E-state index contributed by atoms with van der Waals surface area (Å²) in [5.74, 6) is -8.05. The number of anilines is 1. The lowest BCUT2D eigenvalue weighted by Crippen LogP contribution is -2.52. The van der Waals surface area contributed by atoms with Crippen LogP contribution in [0, 0.1) is 0 Å². The van der Waals surface area contributed by atoms with E-state index in [-0.39, 0.29) is 73.3 Å². The minimum atomic E-state index is -3.77. The van der Waals surface area contributed by atoms with Crippen LogP contribution in [-0.4, -0.2) is 76.0 Å². The number of alkyl halides is 6. The Morgan fingerprint density at radius 2 is 1.79 bits per heavy atom. The number of nitrogens with zero attached hydrogens (tertiary/aromatic N) is 3. The van der Waals surface area contributed by atoms with Crippen LogP contribution in [0.25, 0.3) is 10.2 Å². The first-order chi connectivity index (χ1) is 20.2. The predicted octanol–water partition coefficient (Wildman–Crippen LogP) is 4.99. The quantitative estimate of drug-likeness (QED) is 0.370. The van der Waals surface area contributed by atoms with Crippen molar-refractivity contribution in [2.75, 3.05) is 31.5 Å². The van der Waals surface area contributed by atoms with Crippen molar-refractivity contribution in [3.8, 4) is 11.5 Å². The molecule has 0 unspecified atom stereocenters. The number of aromatic amines is 1. The van der Waals surface area contributed by atoms with Crippen molar-refractivity contribution >= 4 is 32.6 Å². The summed E-state index contributed by atoms with van der Waals surface area (Å²) < 4.78 is 93.5. The Balaban J connectivity index is 1.14. The number of piperidine rings is 2. The van der Waals surface area contributed by atoms with E-state index in [1.165, 1.54) is 24.4 Å². The first-order valence-electron chi connectivity index (χ1n) is 13.6. The molecule has 6 rings (SSSR count). The lowest BCUT2D eigenvalue weighted by molar-refractivity contribution is -0.286.